The molecule has 118 valence electrons. The maximum Gasteiger partial charge on any atom is 0.314 e. The van der Waals surface area contributed by atoms with Gasteiger partial charge in [0.15, 0.2) is 0 Å². The van der Waals surface area contributed by atoms with E-state index >= 15 is 0 Å². The molecule has 1 aromatic carbocycles. The van der Waals surface area contributed by atoms with E-state index < -0.39 is 6.03 Å². The van der Waals surface area contributed by atoms with Gasteiger partial charge in [0.2, 0.25) is 5.91 Å². The number of hydrogen-bond acceptors (Lipinski definition) is 2. The SMILES string of the molecule is C/C(=C\C(=O)N1CCCN(C(N)=O)CC1)c1ccccc1F. The van der Waals surface area contributed by atoms with Crippen LogP contribution < -0.4 is 5.73 Å². The summed E-state index contributed by atoms with van der Waals surface area (Å²) in [5.41, 5.74) is 6.26. The van der Waals surface area contributed by atoms with Crippen molar-refractivity contribution in [3.05, 3.63) is 41.7 Å². The summed E-state index contributed by atoms with van der Waals surface area (Å²) in [5, 5.41) is 0. The quantitative estimate of drug-likeness (QED) is 0.847. The van der Waals surface area contributed by atoms with Crippen molar-refractivity contribution < 1.29 is 14.0 Å². The topological polar surface area (TPSA) is 66.6 Å². The maximum atomic E-state index is 13.7. The predicted octanol–water partition coefficient (Wildman–Crippen LogP) is 1.84. The van der Waals surface area contributed by atoms with Crippen LogP contribution in [0.1, 0.15) is 18.9 Å². The van der Waals surface area contributed by atoms with E-state index in [9.17, 15) is 14.0 Å². The number of carbonyl (C=O) groups is 2. The Balaban J connectivity index is 2.07. The van der Waals surface area contributed by atoms with Gasteiger partial charge in [0.1, 0.15) is 5.82 Å². The zero-order valence-corrected chi connectivity index (χ0v) is 12.6. The van der Waals surface area contributed by atoms with Gasteiger partial charge in [-0.25, -0.2) is 9.18 Å². The third-order valence-corrected chi connectivity index (χ3v) is 3.76. The number of hydrogen-bond donors (Lipinski definition) is 1. The number of amides is 3. The van der Waals surface area contributed by atoms with Gasteiger partial charge in [-0.3, -0.25) is 4.79 Å². The van der Waals surface area contributed by atoms with E-state index in [0.29, 0.717) is 43.7 Å². The van der Waals surface area contributed by atoms with Gasteiger partial charge in [0.25, 0.3) is 0 Å². The van der Waals surface area contributed by atoms with Crippen LogP contribution in [0.4, 0.5) is 9.18 Å². The Morgan fingerprint density at radius 1 is 1.14 bits per heavy atom. The van der Waals surface area contributed by atoms with Crippen molar-refractivity contribution in [2.45, 2.75) is 13.3 Å². The summed E-state index contributed by atoms with van der Waals surface area (Å²) in [7, 11) is 0. The summed E-state index contributed by atoms with van der Waals surface area (Å²) in [6.07, 6.45) is 2.12. The number of nitrogens with zero attached hydrogens (tertiary/aromatic N) is 2. The van der Waals surface area contributed by atoms with Crippen LogP contribution in [0.15, 0.2) is 30.3 Å². The van der Waals surface area contributed by atoms with Crippen molar-refractivity contribution in [2.24, 2.45) is 5.73 Å². The lowest BCUT2D eigenvalue weighted by atomic mass is 10.1. The summed E-state index contributed by atoms with van der Waals surface area (Å²) in [5.74, 6) is -0.521. The first kappa shape index (κ1) is 16.0. The molecule has 0 aromatic heterocycles. The Bertz CT molecular complexity index is 601. The Kier molecular flexibility index (Phi) is 5.14. The normalized spacial score (nSPS) is 16.4. The highest BCUT2D eigenvalue weighted by Gasteiger charge is 2.19. The van der Waals surface area contributed by atoms with Gasteiger partial charge >= 0.3 is 6.03 Å². The van der Waals surface area contributed by atoms with Gasteiger partial charge in [0.05, 0.1) is 0 Å². The second-order valence-electron chi connectivity index (χ2n) is 5.31. The number of halogens is 1. The summed E-state index contributed by atoms with van der Waals surface area (Å²) >= 11 is 0. The van der Waals surface area contributed by atoms with Crippen LogP contribution in [-0.2, 0) is 4.79 Å². The number of carbonyl (C=O) groups excluding carboxylic acids is 2. The molecule has 1 aromatic rings. The average Bonchev–Trinajstić information content (AvgIpc) is 2.73. The second kappa shape index (κ2) is 7.06. The first-order valence-corrected chi connectivity index (χ1v) is 7.25. The second-order valence-corrected chi connectivity index (χ2v) is 5.31. The molecule has 1 fully saturated rings. The third kappa shape index (κ3) is 3.84. The molecule has 0 radical (unpaired) electrons. The van der Waals surface area contributed by atoms with E-state index in [1.54, 1.807) is 30.0 Å². The summed E-state index contributed by atoms with van der Waals surface area (Å²) in [6.45, 7) is 3.68. The Morgan fingerprint density at radius 3 is 2.45 bits per heavy atom. The number of primary amides is 1. The largest absolute Gasteiger partial charge is 0.351 e. The molecule has 0 bridgehead atoms. The lowest BCUT2D eigenvalue weighted by Gasteiger charge is -2.20. The molecular weight excluding hydrogens is 285 g/mol. The van der Waals surface area contributed by atoms with Crippen molar-refractivity contribution in [1.82, 2.24) is 9.80 Å². The Morgan fingerprint density at radius 2 is 1.77 bits per heavy atom. The van der Waals surface area contributed by atoms with Gasteiger partial charge in [-0.2, -0.15) is 0 Å². The molecular formula is C16H20FN3O2. The van der Waals surface area contributed by atoms with E-state index in [4.69, 9.17) is 5.73 Å². The number of urea groups is 1. The third-order valence-electron chi connectivity index (χ3n) is 3.76. The van der Waals surface area contributed by atoms with Gasteiger partial charge in [0, 0.05) is 37.8 Å². The van der Waals surface area contributed by atoms with Crippen molar-refractivity contribution >= 4 is 17.5 Å². The highest BCUT2D eigenvalue weighted by Crippen LogP contribution is 2.17. The molecule has 1 aliphatic rings. The molecule has 3 amide bonds. The molecule has 6 heteroatoms. The van der Waals surface area contributed by atoms with E-state index in [0.717, 1.165) is 0 Å². The standard InChI is InChI=1S/C16H20FN3O2/c1-12(13-5-2-3-6-14(13)17)11-15(21)19-7-4-8-20(10-9-19)16(18)22/h2-3,5-6,11H,4,7-10H2,1H3,(H2,18,22)/b12-11+. The van der Waals surface area contributed by atoms with E-state index in [1.807, 2.05) is 0 Å². The van der Waals surface area contributed by atoms with Crippen molar-refractivity contribution in [2.75, 3.05) is 26.2 Å². The molecule has 0 spiro atoms. The number of allylic oxidation sites excluding steroid dienone is 1. The van der Waals surface area contributed by atoms with Gasteiger partial charge in [-0.05, 0) is 25.0 Å². The Labute approximate surface area is 129 Å². The minimum absolute atomic E-state index is 0.174. The molecule has 0 saturated carbocycles. The van der Waals surface area contributed by atoms with Crippen LogP contribution in [0.5, 0.6) is 0 Å². The van der Waals surface area contributed by atoms with E-state index in [2.05, 4.69) is 0 Å². The molecule has 0 aliphatic carbocycles. The van der Waals surface area contributed by atoms with Crippen LogP contribution in [0.2, 0.25) is 0 Å². The van der Waals surface area contributed by atoms with Gasteiger partial charge in [-0.15, -0.1) is 0 Å². The maximum absolute atomic E-state index is 13.7. The molecule has 22 heavy (non-hydrogen) atoms. The minimum Gasteiger partial charge on any atom is -0.351 e. The van der Waals surface area contributed by atoms with Gasteiger partial charge < -0.3 is 15.5 Å². The molecule has 0 atom stereocenters. The minimum atomic E-state index is -0.465. The molecule has 1 heterocycles. The summed E-state index contributed by atoms with van der Waals surface area (Å²) < 4.78 is 13.7. The molecule has 0 unspecified atom stereocenters. The van der Waals surface area contributed by atoms with Crippen LogP contribution in [0.3, 0.4) is 0 Å². The van der Waals surface area contributed by atoms with Crippen molar-refractivity contribution in [1.29, 1.82) is 0 Å². The predicted molar refractivity (Wildman–Crippen MR) is 82.4 cm³/mol. The lowest BCUT2D eigenvalue weighted by Crippen LogP contribution is -2.39. The zero-order chi connectivity index (χ0) is 16.1. The molecule has 5 nitrogen and oxygen atoms in total. The van der Waals surface area contributed by atoms with Crippen LogP contribution in [0.25, 0.3) is 5.57 Å². The highest BCUT2D eigenvalue weighted by atomic mass is 19.1. The fourth-order valence-corrected chi connectivity index (χ4v) is 2.49. The molecule has 2 rings (SSSR count). The van der Waals surface area contributed by atoms with Crippen LogP contribution in [0, 0.1) is 5.82 Å². The van der Waals surface area contributed by atoms with Crippen LogP contribution in [-0.4, -0.2) is 47.9 Å². The number of nitrogens with two attached hydrogens (primary N) is 1. The average molecular weight is 305 g/mol. The molecule has 1 aliphatic heterocycles. The summed E-state index contributed by atoms with van der Waals surface area (Å²) in [6, 6.07) is 5.89. The molecule has 2 N–H and O–H groups in total. The summed E-state index contributed by atoms with van der Waals surface area (Å²) in [4.78, 5) is 26.7. The Hall–Kier alpha value is -2.37. The highest BCUT2D eigenvalue weighted by molar-refractivity contribution is 5.95. The first-order chi connectivity index (χ1) is 10.5. The van der Waals surface area contributed by atoms with E-state index in [-0.39, 0.29) is 11.7 Å². The fraction of sp³-hybridized carbons (Fsp3) is 0.375. The first-order valence-electron chi connectivity index (χ1n) is 7.25. The van der Waals surface area contributed by atoms with E-state index in [1.165, 1.54) is 17.0 Å². The lowest BCUT2D eigenvalue weighted by molar-refractivity contribution is -0.125. The van der Waals surface area contributed by atoms with Crippen molar-refractivity contribution in [3.8, 4) is 0 Å². The number of rotatable bonds is 2. The monoisotopic (exact) mass is 305 g/mol. The zero-order valence-electron chi connectivity index (χ0n) is 12.6. The fourth-order valence-electron chi connectivity index (χ4n) is 2.49. The van der Waals surface area contributed by atoms with Crippen LogP contribution >= 0.6 is 0 Å². The smallest absolute Gasteiger partial charge is 0.314 e. The number of benzene rings is 1. The van der Waals surface area contributed by atoms with Gasteiger partial charge in [-0.1, -0.05) is 18.2 Å². The molecule has 1 saturated heterocycles. The van der Waals surface area contributed by atoms with Crippen molar-refractivity contribution in [3.63, 3.8) is 0 Å².